The van der Waals surface area contributed by atoms with Crippen LogP contribution in [0, 0.1) is 0 Å². The van der Waals surface area contributed by atoms with E-state index in [1.165, 1.54) is 0 Å². The molecule has 0 aliphatic carbocycles. The van der Waals surface area contributed by atoms with Crippen LogP contribution in [0.5, 0.6) is 0 Å². The molecule has 0 radical (unpaired) electrons. The van der Waals surface area contributed by atoms with Crippen LogP contribution in [0.1, 0.15) is 26.7 Å². The summed E-state index contributed by atoms with van der Waals surface area (Å²) in [5.41, 5.74) is 0. The Hall–Kier alpha value is 0.254. The molecule has 0 aliphatic rings. The van der Waals surface area contributed by atoms with Crippen LogP contribution in [0.15, 0.2) is 0 Å². The van der Waals surface area contributed by atoms with Gasteiger partial charge in [-0.1, -0.05) is 40.0 Å². The first kappa shape index (κ1) is 20.3. The molecule has 0 bridgehead atoms. The average Bonchev–Trinajstić information content (AvgIpc) is 2.12. The molecule has 2 atom stereocenters. The molecule has 0 aromatic carbocycles. The molecule has 0 aromatic rings. The van der Waals surface area contributed by atoms with Gasteiger partial charge in [0.1, 0.15) is 0 Å². The third-order valence-electron chi connectivity index (χ3n) is 4.73. The van der Waals surface area contributed by atoms with E-state index in [0.29, 0.717) is 0 Å². The predicted molar refractivity (Wildman–Crippen MR) is 86.2 cm³/mol. The summed E-state index contributed by atoms with van der Waals surface area (Å²) in [5.74, 6) is 0. The van der Waals surface area contributed by atoms with Crippen molar-refractivity contribution in [3.8, 4) is 0 Å². The fraction of sp³-hybridized carbons (Fsp3) is 1.00. The van der Waals surface area contributed by atoms with Crippen molar-refractivity contribution >= 4 is 35.4 Å². The normalized spacial score (nSPS) is 17.8. The molecule has 0 heterocycles. The van der Waals surface area contributed by atoms with Crippen LogP contribution in [0.2, 0.25) is 26.2 Å². The van der Waals surface area contributed by atoms with Crippen LogP contribution >= 0.6 is 0 Å². The summed E-state index contributed by atoms with van der Waals surface area (Å²) in [5, 5.41) is 0. The van der Waals surface area contributed by atoms with Gasteiger partial charge in [0.15, 0.2) is 0 Å². The summed E-state index contributed by atoms with van der Waals surface area (Å²) >= 11 is 0. The SMILES string of the molecule is CCC([Si](C)(C)[Si](C)(C)C(CC)S(=O)(=O)O)S(=O)(=O)O. The minimum absolute atomic E-state index is 0.246. The van der Waals surface area contributed by atoms with Crippen molar-refractivity contribution in [2.45, 2.75) is 62.6 Å². The molecule has 0 amide bonds. The van der Waals surface area contributed by atoms with E-state index in [9.17, 15) is 25.9 Å². The maximum absolute atomic E-state index is 11.6. The zero-order chi connectivity index (χ0) is 16.6. The Morgan fingerprint density at radius 3 is 1.05 bits per heavy atom. The molecule has 0 aromatic heterocycles. The van der Waals surface area contributed by atoms with Crippen LogP contribution in [-0.2, 0) is 20.2 Å². The van der Waals surface area contributed by atoms with Crippen LogP contribution in [0.4, 0.5) is 0 Å². The lowest BCUT2D eigenvalue weighted by atomic mass is 10.6. The fourth-order valence-electron chi connectivity index (χ4n) is 3.02. The maximum Gasteiger partial charge on any atom is 0.264 e. The number of hydrogen-bond acceptors (Lipinski definition) is 4. The van der Waals surface area contributed by atoms with E-state index >= 15 is 0 Å². The van der Waals surface area contributed by atoms with Crippen molar-refractivity contribution in [1.82, 2.24) is 0 Å². The third-order valence-corrected chi connectivity index (χ3v) is 32.8. The molecule has 20 heavy (non-hydrogen) atoms. The van der Waals surface area contributed by atoms with Gasteiger partial charge < -0.3 is 0 Å². The summed E-state index contributed by atoms with van der Waals surface area (Å²) < 4.78 is 65.4. The molecule has 0 spiro atoms. The van der Waals surface area contributed by atoms with Gasteiger partial charge in [-0.15, -0.1) is 0 Å². The lowest BCUT2D eigenvalue weighted by Crippen LogP contribution is -2.70. The van der Waals surface area contributed by atoms with Crippen molar-refractivity contribution < 1.29 is 25.9 Å². The molecule has 2 unspecified atom stereocenters. The largest absolute Gasteiger partial charge is 0.286 e. The highest BCUT2D eigenvalue weighted by atomic mass is 32.2. The number of hydrogen-bond donors (Lipinski definition) is 2. The second-order valence-electron chi connectivity index (χ2n) is 6.27. The number of rotatable bonds is 7. The van der Waals surface area contributed by atoms with Gasteiger partial charge in [-0.3, -0.25) is 9.11 Å². The van der Waals surface area contributed by atoms with Gasteiger partial charge in [-0.25, -0.2) is 0 Å². The Kier molecular flexibility index (Phi) is 6.25. The van der Waals surface area contributed by atoms with Gasteiger partial charge in [0.2, 0.25) is 0 Å². The molecule has 0 fully saturated rings. The molecule has 10 heteroatoms. The Balaban J connectivity index is 6.02. The van der Waals surface area contributed by atoms with E-state index in [2.05, 4.69) is 0 Å². The lowest BCUT2D eigenvalue weighted by molar-refractivity contribution is 0.473. The second-order valence-corrected chi connectivity index (χ2v) is 26.3. The summed E-state index contributed by atoms with van der Waals surface area (Å²) in [4.78, 5) is -1.82. The van der Waals surface area contributed by atoms with Crippen molar-refractivity contribution in [1.29, 1.82) is 0 Å². The second kappa shape index (κ2) is 6.17. The van der Waals surface area contributed by atoms with Gasteiger partial charge in [0, 0.05) is 0 Å². The molecular formula is C10H26O6S2Si2. The average molecular weight is 363 g/mol. The van der Waals surface area contributed by atoms with E-state index in [1.54, 1.807) is 40.0 Å². The van der Waals surface area contributed by atoms with Crippen LogP contribution in [0.3, 0.4) is 0 Å². The van der Waals surface area contributed by atoms with Crippen LogP contribution in [0.25, 0.3) is 0 Å². The van der Waals surface area contributed by atoms with Crippen molar-refractivity contribution in [2.75, 3.05) is 0 Å². The van der Waals surface area contributed by atoms with Crippen molar-refractivity contribution in [2.24, 2.45) is 0 Å². The first-order valence-corrected chi connectivity index (χ1v) is 16.7. The highest BCUT2D eigenvalue weighted by Crippen LogP contribution is 2.34. The molecule has 122 valence electrons. The lowest BCUT2D eigenvalue weighted by Gasteiger charge is -2.45. The first-order chi connectivity index (χ1) is 8.64. The fourth-order valence-corrected chi connectivity index (χ4v) is 27.9. The predicted octanol–water partition coefficient (Wildman–Crippen LogP) is 1.89. The van der Waals surface area contributed by atoms with Gasteiger partial charge in [-0.05, 0) is 12.8 Å². The highest BCUT2D eigenvalue weighted by molar-refractivity contribution is 7.92. The molecule has 0 aliphatic heterocycles. The molecule has 2 N–H and O–H groups in total. The van der Waals surface area contributed by atoms with Crippen LogP contribution in [-0.4, -0.2) is 50.9 Å². The Labute approximate surface area is 124 Å². The minimum Gasteiger partial charge on any atom is -0.286 e. The Morgan fingerprint density at radius 2 is 0.950 bits per heavy atom. The van der Waals surface area contributed by atoms with E-state index in [-0.39, 0.29) is 12.8 Å². The summed E-state index contributed by atoms with van der Waals surface area (Å²) in [6, 6.07) is 0. The summed E-state index contributed by atoms with van der Waals surface area (Å²) in [6.45, 7) is 10.5. The molecule has 6 nitrogen and oxygen atoms in total. The Bertz CT molecular complexity index is 488. The zero-order valence-corrected chi connectivity index (χ0v) is 16.5. The molecular weight excluding hydrogens is 336 g/mol. The van der Waals surface area contributed by atoms with Crippen LogP contribution < -0.4 is 0 Å². The van der Waals surface area contributed by atoms with E-state index in [4.69, 9.17) is 0 Å². The molecule has 0 saturated heterocycles. The standard InChI is InChI=1S/C10H26O6S2Si2/c1-7-9(17(11,12)13)19(3,4)20(5,6)10(8-2)18(14,15)16/h9-10H,7-8H2,1-6H3,(H,11,12,13)(H,14,15,16). The quantitative estimate of drug-likeness (QED) is 0.529. The summed E-state index contributed by atoms with van der Waals surface area (Å²) in [7, 11) is -13.7. The van der Waals surface area contributed by atoms with E-state index in [0.717, 1.165) is 0 Å². The smallest absolute Gasteiger partial charge is 0.264 e. The maximum atomic E-state index is 11.6. The first-order valence-electron chi connectivity index (χ1n) is 6.56. The molecule has 0 rings (SSSR count). The monoisotopic (exact) mass is 362 g/mol. The topological polar surface area (TPSA) is 109 Å². The third kappa shape index (κ3) is 3.92. The van der Waals surface area contributed by atoms with E-state index < -0.39 is 45.2 Å². The van der Waals surface area contributed by atoms with Gasteiger partial charge in [-0.2, -0.15) is 16.8 Å². The van der Waals surface area contributed by atoms with Crippen molar-refractivity contribution in [3.05, 3.63) is 0 Å². The van der Waals surface area contributed by atoms with Gasteiger partial charge >= 0.3 is 0 Å². The zero-order valence-electron chi connectivity index (χ0n) is 12.9. The Morgan fingerprint density at radius 1 is 0.750 bits per heavy atom. The summed E-state index contributed by atoms with van der Waals surface area (Å²) in [6.07, 6.45) is 0.493. The van der Waals surface area contributed by atoms with E-state index in [1.807, 2.05) is 0 Å². The molecule has 0 saturated carbocycles. The highest BCUT2D eigenvalue weighted by Gasteiger charge is 2.56. The minimum atomic E-state index is -4.22. The van der Waals surface area contributed by atoms with Gasteiger partial charge in [0.05, 0.1) is 24.9 Å². The van der Waals surface area contributed by atoms with Gasteiger partial charge in [0.25, 0.3) is 20.2 Å². The van der Waals surface area contributed by atoms with Crippen molar-refractivity contribution in [3.63, 3.8) is 0 Å².